The first-order chi connectivity index (χ1) is 18.9. The minimum Gasteiger partial charge on any atom is -0.438 e. The molecule has 0 bridgehead atoms. The molecule has 1 fully saturated rings. The first kappa shape index (κ1) is 25.7. The van der Waals surface area contributed by atoms with Crippen molar-refractivity contribution < 1.29 is 23.5 Å². The van der Waals surface area contributed by atoms with Gasteiger partial charge in [-0.15, -0.1) is 0 Å². The van der Waals surface area contributed by atoms with Crippen molar-refractivity contribution in [2.45, 2.75) is 25.6 Å². The van der Waals surface area contributed by atoms with Crippen molar-refractivity contribution in [3.63, 3.8) is 0 Å². The highest BCUT2D eigenvalue weighted by atomic mass is 19.1. The van der Waals surface area contributed by atoms with E-state index in [-0.39, 0.29) is 12.5 Å². The predicted octanol–water partition coefficient (Wildman–Crippen LogP) is 6.09. The number of nitrogens with one attached hydrogen (secondary N) is 2. The number of ether oxygens (including phenoxy) is 1. The van der Waals surface area contributed by atoms with Gasteiger partial charge in [0.1, 0.15) is 5.82 Å². The Hall–Kier alpha value is -4.98. The van der Waals surface area contributed by atoms with Crippen LogP contribution in [0.3, 0.4) is 0 Å². The Labute approximate surface area is 225 Å². The number of hydrogen-bond acceptors (Lipinski definition) is 4. The number of carbonyl (C=O) groups excluding carboxylic acids is 3. The Morgan fingerprint density at radius 2 is 1.56 bits per heavy atom. The lowest BCUT2D eigenvalue weighted by Crippen LogP contribution is -2.43. The molecular formula is C31H26FN3O4. The summed E-state index contributed by atoms with van der Waals surface area (Å²) in [6.07, 6.45) is -1.59. The molecule has 5 rings (SSSR count). The van der Waals surface area contributed by atoms with E-state index in [4.69, 9.17) is 4.74 Å². The van der Waals surface area contributed by atoms with Crippen LogP contribution in [-0.2, 0) is 16.1 Å². The SMILES string of the molecule is Cc1ccc(C(=O)Nc2cccc([C@H]3OC(=O)N(Cc4ccccc4)[C@@H]3C(=O)Nc3ccc(F)cc3)c2)cc1. The summed E-state index contributed by atoms with van der Waals surface area (Å²) in [5, 5.41) is 5.63. The fraction of sp³-hybridized carbons (Fsp3) is 0.129. The Kier molecular flexibility index (Phi) is 7.36. The highest BCUT2D eigenvalue weighted by molar-refractivity contribution is 6.04. The Bertz CT molecular complexity index is 1490. The van der Waals surface area contributed by atoms with E-state index in [0.717, 1.165) is 11.1 Å². The second-order valence-electron chi connectivity index (χ2n) is 9.30. The summed E-state index contributed by atoms with van der Waals surface area (Å²) in [4.78, 5) is 40.8. The molecule has 0 aromatic heterocycles. The Morgan fingerprint density at radius 3 is 2.28 bits per heavy atom. The van der Waals surface area contributed by atoms with E-state index in [1.54, 1.807) is 36.4 Å². The maximum atomic E-state index is 13.6. The van der Waals surface area contributed by atoms with Crippen molar-refractivity contribution in [3.8, 4) is 0 Å². The average molecular weight is 524 g/mol. The molecule has 1 aliphatic rings. The maximum Gasteiger partial charge on any atom is 0.411 e. The molecule has 0 spiro atoms. The molecule has 0 aliphatic carbocycles. The molecule has 1 saturated heterocycles. The molecule has 39 heavy (non-hydrogen) atoms. The molecule has 0 radical (unpaired) electrons. The standard InChI is InChI=1S/C31H26FN3O4/c1-20-10-12-22(13-11-20)29(36)34-26-9-5-8-23(18-26)28-27(30(37)33-25-16-14-24(32)15-17-25)35(31(38)39-28)19-21-6-3-2-4-7-21/h2-18,27-28H,19H2,1H3,(H,33,37)(H,34,36)/t27-,28+/m0/s1. The van der Waals surface area contributed by atoms with Gasteiger partial charge in [-0.2, -0.15) is 0 Å². The number of hydrogen-bond donors (Lipinski definition) is 2. The van der Waals surface area contributed by atoms with E-state index in [1.165, 1.54) is 29.2 Å². The summed E-state index contributed by atoms with van der Waals surface area (Å²) >= 11 is 0. The van der Waals surface area contributed by atoms with Gasteiger partial charge in [0.2, 0.25) is 0 Å². The van der Waals surface area contributed by atoms with Gasteiger partial charge in [0.25, 0.3) is 11.8 Å². The van der Waals surface area contributed by atoms with Gasteiger partial charge in [0.05, 0.1) is 6.54 Å². The topological polar surface area (TPSA) is 87.7 Å². The van der Waals surface area contributed by atoms with Gasteiger partial charge in [-0.3, -0.25) is 14.5 Å². The fourth-order valence-electron chi connectivity index (χ4n) is 4.44. The number of cyclic esters (lactones) is 1. The third-order valence-corrected chi connectivity index (χ3v) is 6.45. The van der Waals surface area contributed by atoms with E-state index in [2.05, 4.69) is 10.6 Å². The molecule has 7 nitrogen and oxygen atoms in total. The van der Waals surface area contributed by atoms with Gasteiger partial charge in [-0.05, 0) is 66.6 Å². The number of aryl methyl sites for hydroxylation is 1. The number of nitrogens with zero attached hydrogens (tertiary/aromatic N) is 1. The molecule has 0 saturated carbocycles. The maximum absolute atomic E-state index is 13.6. The van der Waals surface area contributed by atoms with Crippen molar-refractivity contribution in [3.05, 3.63) is 131 Å². The van der Waals surface area contributed by atoms with Crippen molar-refractivity contribution in [2.24, 2.45) is 0 Å². The number of rotatable bonds is 7. The summed E-state index contributed by atoms with van der Waals surface area (Å²) in [7, 11) is 0. The van der Waals surface area contributed by atoms with Crippen LogP contribution in [0, 0.1) is 12.7 Å². The summed E-state index contributed by atoms with van der Waals surface area (Å²) in [6.45, 7) is 2.10. The van der Waals surface area contributed by atoms with Gasteiger partial charge in [-0.25, -0.2) is 9.18 Å². The first-order valence-electron chi connectivity index (χ1n) is 12.4. The molecule has 4 aromatic carbocycles. The zero-order valence-corrected chi connectivity index (χ0v) is 21.1. The van der Waals surface area contributed by atoms with Gasteiger partial charge in [0, 0.05) is 16.9 Å². The lowest BCUT2D eigenvalue weighted by molar-refractivity contribution is -0.121. The third-order valence-electron chi connectivity index (χ3n) is 6.45. The summed E-state index contributed by atoms with van der Waals surface area (Å²) in [6, 6.07) is 27.7. The quantitative estimate of drug-likeness (QED) is 0.307. The molecule has 2 atom stereocenters. The summed E-state index contributed by atoms with van der Waals surface area (Å²) in [5.41, 5.74) is 3.80. The molecule has 8 heteroatoms. The monoisotopic (exact) mass is 523 g/mol. The number of halogens is 1. The molecule has 1 aliphatic heterocycles. The van der Waals surface area contributed by atoms with Crippen LogP contribution in [0.2, 0.25) is 0 Å². The highest BCUT2D eigenvalue weighted by Crippen LogP contribution is 2.35. The largest absolute Gasteiger partial charge is 0.438 e. The smallest absolute Gasteiger partial charge is 0.411 e. The molecule has 1 heterocycles. The third kappa shape index (κ3) is 5.96. The van der Waals surface area contributed by atoms with Crippen molar-refractivity contribution in [1.82, 2.24) is 4.90 Å². The molecule has 0 unspecified atom stereocenters. The number of anilines is 2. The summed E-state index contributed by atoms with van der Waals surface area (Å²) in [5.74, 6) is -1.20. The van der Waals surface area contributed by atoms with E-state index in [9.17, 15) is 18.8 Å². The Balaban J connectivity index is 1.43. The zero-order chi connectivity index (χ0) is 27.4. The Morgan fingerprint density at radius 1 is 0.846 bits per heavy atom. The van der Waals surface area contributed by atoms with Crippen LogP contribution in [-0.4, -0.2) is 28.8 Å². The minimum atomic E-state index is -1.02. The summed E-state index contributed by atoms with van der Waals surface area (Å²) < 4.78 is 19.1. The van der Waals surface area contributed by atoms with Gasteiger partial charge in [-0.1, -0.05) is 60.2 Å². The first-order valence-corrected chi connectivity index (χ1v) is 12.4. The average Bonchev–Trinajstić information content (AvgIpc) is 3.27. The van der Waals surface area contributed by atoms with Crippen molar-refractivity contribution in [2.75, 3.05) is 10.6 Å². The number of carbonyl (C=O) groups is 3. The van der Waals surface area contributed by atoms with Crippen molar-refractivity contribution in [1.29, 1.82) is 0 Å². The molecule has 196 valence electrons. The molecule has 2 N–H and O–H groups in total. The van der Waals surface area contributed by atoms with E-state index in [1.807, 2.05) is 49.4 Å². The van der Waals surface area contributed by atoms with Crippen LogP contribution in [0.1, 0.15) is 33.2 Å². The molecule has 4 aromatic rings. The lowest BCUT2D eigenvalue weighted by Gasteiger charge is -2.24. The normalized spacial score (nSPS) is 16.5. The van der Waals surface area contributed by atoms with E-state index < -0.39 is 30.0 Å². The van der Waals surface area contributed by atoms with Crippen LogP contribution in [0.25, 0.3) is 0 Å². The van der Waals surface area contributed by atoms with Crippen LogP contribution in [0.15, 0.2) is 103 Å². The van der Waals surface area contributed by atoms with Crippen LogP contribution >= 0.6 is 0 Å². The predicted molar refractivity (Wildman–Crippen MR) is 146 cm³/mol. The fourth-order valence-corrected chi connectivity index (χ4v) is 4.44. The second kappa shape index (κ2) is 11.2. The van der Waals surface area contributed by atoms with Gasteiger partial charge >= 0.3 is 6.09 Å². The molecule has 3 amide bonds. The van der Waals surface area contributed by atoms with Gasteiger partial charge < -0.3 is 15.4 Å². The van der Waals surface area contributed by atoms with Crippen molar-refractivity contribution >= 4 is 29.3 Å². The minimum absolute atomic E-state index is 0.154. The molecular weight excluding hydrogens is 497 g/mol. The highest BCUT2D eigenvalue weighted by Gasteiger charge is 2.47. The van der Waals surface area contributed by atoms with Crippen LogP contribution < -0.4 is 10.6 Å². The van der Waals surface area contributed by atoms with Gasteiger partial charge in [0.15, 0.2) is 12.1 Å². The van der Waals surface area contributed by atoms with Crippen LogP contribution in [0.4, 0.5) is 20.6 Å². The van der Waals surface area contributed by atoms with E-state index >= 15 is 0 Å². The lowest BCUT2D eigenvalue weighted by atomic mass is 10.00. The number of benzene rings is 4. The zero-order valence-electron chi connectivity index (χ0n) is 21.1. The van der Waals surface area contributed by atoms with Crippen LogP contribution in [0.5, 0.6) is 0 Å². The number of amides is 3. The second-order valence-corrected chi connectivity index (χ2v) is 9.30. The van der Waals surface area contributed by atoms with E-state index in [0.29, 0.717) is 22.5 Å².